The molecule has 20 heavy (non-hydrogen) atoms. The number of amides is 1. The van der Waals surface area contributed by atoms with Gasteiger partial charge in [0.15, 0.2) is 6.10 Å². The Morgan fingerprint density at radius 2 is 2.15 bits per heavy atom. The summed E-state index contributed by atoms with van der Waals surface area (Å²) in [6.45, 7) is -0.263. The van der Waals surface area contributed by atoms with Gasteiger partial charge in [-0.25, -0.2) is 0 Å². The van der Waals surface area contributed by atoms with Crippen LogP contribution in [0, 0.1) is 0 Å². The first-order valence-electron chi connectivity index (χ1n) is 6.52. The molecule has 1 aromatic rings. The zero-order chi connectivity index (χ0) is 14.3. The average molecular weight is 296 g/mol. The van der Waals surface area contributed by atoms with Gasteiger partial charge in [-0.3, -0.25) is 9.59 Å². The molecule has 0 bridgehead atoms. The second kappa shape index (κ2) is 4.98. The first-order valence-corrected chi connectivity index (χ1v) is 6.90. The van der Waals surface area contributed by atoms with Crippen molar-refractivity contribution in [3.8, 4) is 5.75 Å². The molecule has 1 atom stereocenters. The number of carbonyl (C=O) groups excluding carboxylic acids is 1. The first-order chi connectivity index (χ1) is 9.54. The van der Waals surface area contributed by atoms with Crippen molar-refractivity contribution < 1.29 is 19.4 Å². The van der Waals surface area contributed by atoms with E-state index in [0.717, 1.165) is 18.4 Å². The van der Waals surface area contributed by atoms with Crippen molar-refractivity contribution in [3.63, 3.8) is 0 Å². The van der Waals surface area contributed by atoms with E-state index in [1.54, 1.807) is 18.2 Å². The SMILES string of the molecule is O=C(O)CN(C(=O)[C@@H]1Cc2cc(Cl)ccc2O1)C1CC1. The Balaban J connectivity index is 1.74. The number of rotatable bonds is 4. The highest BCUT2D eigenvalue weighted by atomic mass is 35.5. The fourth-order valence-corrected chi connectivity index (χ4v) is 2.65. The number of aliphatic carboxylic acids is 1. The summed E-state index contributed by atoms with van der Waals surface area (Å²) in [5.74, 6) is -0.593. The summed E-state index contributed by atoms with van der Waals surface area (Å²) in [6, 6.07) is 5.28. The lowest BCUT2D eigenvalue weighted by Crippen LogP contribution is -2.45. The van der Waals surface area contributed by atoms with Crippen LogP contribution in [0.15, 0.2) is 18.2 Å². The summed E-state index contributed by atoms with van der Waals surface area (Å²) in [5, 5.41) is 9.51. The summed E-state index contributed by atoms with van der Waals surface area (Å²) in [5.41, 5.74) is 0.891. The number of hydrogen-bond donors (Lipinski definition) is 1. The van der Waals surface area contributed by atoms with Crippen LogP contribution in [0.3, 0.4) is 0 Å². The van der Waals surface area contributed by atoms with Crippen LogP contribution in [0.4, 0.5) is 0 Å². The van der Waals surface area contributed by atoms with Crippen molar-refractivity contribution >= 4 is 23.5 Å². The molecule has 106 valence electrons. The lowest BCUT2D eigenvalue weighted by Gasteiger charge is -2.23. The molecule has 1 aromatic carbocycles. The molecule has 0 aromatic heterocycles. The number of carboxylic acids is 1. The third-order valence-corrected chi connectivity index (χ3v) is 3.78. The van der Waals surface area contributed by atoms with Crippen LogP contribution in [0.5, 0.6) is 5.75 Å². The summed E-state index contributed by atoms with van der Waals surface area (Å²) >= 11 is 5.91. The molecule has 0 unspecified atom stereocenters. The van der Waals surface area contributed by atoms with Crippen LogP contribution in [-0.4, -0.2) is 40.6 Å². The van der Waals surface area contributed by atoms with Gasteiger partial charge < -0.3 is 14.7 Å². The standard InChI is InChI=1S/C14H14ClNO4/c15-9-1-4-11-8(5-9)6-12(20-11)14(19)16(7-13(17)18)10-2-3-10/h1,4-5,10,12H,2-3,6-7H2,(H,17,18)/t12-/m0/s1. The van der Waals surface area contributed by atoms with Gasteiger partial charge in [0, 0.05) is 17.5 Å². The van der Waals surface area contributed by atoms with E-state index in [0.29, 0.717) is 17.2 Å². The van der Waals surface area contributed by atoms with Crippen molar-refractivity contribution in [1.82, 2.24) is 4.90 Å². The van der Waals surface area contributed by atoms with Crippen molar-refractivity contribution in [2.45, 2.75) is 31.4 Å². The van der Waals surface area contributed by atoms with Gasteiger partial charge in [-0.1, -0.05) is 11.6 Å². The molecule has 1 aliphatic heterocycles. The van der Waals surface area contributed by atoms with Crippen LogP contribution in [-0.2, 0) is 16.0 Å². The van der Waals surface area contributed by atoms with Gasteiger partial charge in [0.25, 0.3) is 5.91 Å². The lowest BCUT2D eigenvalue weighted by molar-refractivity contribution is -0.148. The number of halogens is 1. The highest BCUT2D eigenvalue weighted by Crippen LogP contribution is 2.34. The van der Waals surface area contributed by atoms with Crippen LogP contribution >= 0.6 is 11.6 Å². The molecule has 0 spiro atoms. The molecule has 2 aliphatic rings. The van der Waals surface area contributed by atoms with Gasteiger partial charge >= 0.3 is 5.97 Å². The summed E-state index contributed by atoms with van der Waals surface area (Å²) in [7, 11) is 0. The van der Waals surface area contributed by atoms with Gasteiger partial charge in [-0.15, -0.1) is 0 Å². The number of fused-ring (bicyclic) bond motifs is 1. The van der Waals surface area contributed by atoms with Crippen LogP contribution in [0.2, 0.25) is 5.02 Å². The molecule has 6 heteroatoms. The van der Waals surface area contributed by atoms with E-state index in [-0.39, 0.29) is 18.5 Å². The van der Waals surface area contributed by atoms with E-state index in [1.165, 1.54) is 4.90 Å². The number of carbonyl (C=O) groups is 2. The minimum Gasteiger partial charge on any atom is -0.480 e. The monoisotopic (exact) mass is 295 g/mol. The molecule has 1 heterocycles. The Kier molecular flexibility index (Phi) is 3.30. The maximum absolute atomic E-state index is 12.4. The fourth-order valence-electron chi connectivity index (χ4n) is 2.46. The summed E-state index contributed by atoms with van der Waals surface area (Å²) in [4.78, 5) is 24.7. The Hall–Kier alpha value is -1.75. The van der Waals surface area contributed by atoms with Crippen LogP contribution in [0.1, 0.15) is 18.4 Å². The van der Waals surface area contributed by atoms with Gasteiger partial charge in [-0.2, -0.15) is 0 Å². The smallest absolute Gasteiger partial charge is 0.323 e. The Morgan fingerprint density at radius 1 is 1.40 bits per heavy atom. The topological polar surface area (TPSA) is 66.8 Å². The quantitative estimate of drug-likeness (QED) is 0.918. The second-order valence-corrected chi connectivity index (χ2v) is 5.59. The van der Waals surface area contributed by atoms with E-state index < -0.39 is 12.1 Å². The zero-order valence-electron chi connectivity index (χ0n) is 10.7. The second-order valence-electron chi connectivity index (χ2n) is 5.15. The molecule has 1 aliphatic carbocycles. The van der Waals surface area contributed by atoms with Gasteiger partial charge in [-0.05, 0) is 36.6 Å². The minimum absolute atomic E-state index is 0.0505. The van der Waals surface area contributed by atoms with Crippen molar-refractivity contribution in [3.05, 3.63) is 28.8 Å². The number of nitrogens with zero attached hydrogens (tertiary/aromatic N) is 1. The molecule has 0 saturated heterocycles. The normalized spacial score (nSPS) is 20.1. The third kappa shape index (κ3) is 2.58. The summed E-state index contributed by atoms with van der Waals surface area (Å²) in [6.07, 6.45) is 1.54. The molecule has 3 rings (SSSR count). The highest BCUT2D eigenvalue weighted by molar-refractivity contribution is 6.30. The Labute approximate surface area is 121 Å². The third-order valence-electron chi connectivity index (χ3n) is 3.55. The Morgan fingerprint density at radius 3 is 2.80 bits per heavy atom. The van der Waals surface area contributed by atoms with Gasteiger partial charge in [0.05, 0.1) is 0 Å². The van der Waals surface area contributed by atoms with Crippen molar-refractivity contribution in [2.24, 2.45) is 0 Å². The molecular formula is C14H14ClNO4. The van der Waals surface area contributed by atoms with Crippen molar-refractivity contribution in [1.29, 1.82) is 0 Å². The number of ether oxygens (including phenoxy) is 1. The summed E-state index contributed by atoms with van der Waals surface area (Å²) < 4.78 is 5.62. The zero-order valence-corrected chi connectivity index (χ0v) is 11.5. The lowest BCUT2D eigenvalue weighted by atomic mass is 10.1. The van der Waals surface area contributed by atoms with Crippen LogP contribution in [0.25, 0.3) is 0 Å². The maximum Gasteiger partial charge on any atom is 0.323 e. The largest absolute Gasteiger partial charge is 0.480 e. The van der Waals surface area contributed by atoms with E-state index in [2.05, 4.69) is 0 Å². The molecule has 1 fully saturated rings. The molecule has 1 saturated carbocycles. The van der Waals surface area contributed by atoms with Gasteiger partial charge in [0.2, 0.25) is 0 Å². The Bertz CT molecular complexity index is 570. The number of carboxylic acid groups (broad SMARTS) is 1. The van der Waals surface area contributed by atoms with Gasteiger partial charge in [0.1, 0.15) is 12.3 Å². The minimum atomic E-state index is -0.996. The van der Waals surface area contributed by atoms with E-state index in [1.807, 2.05) is 0 Å². The first kappa shape index (κ1) is 13.2. The molecule has 1 N–H and O–H groups in total. The number of hydrogen-bond acceptors (Lipinski definition) is 3. The fraction of sp³-hybridized carbons (Fsp3) is 0.429. The molecule has 1 amide bonds. The average Bonchev–Trinajstić information content (AvgIpc) is 3.14. The van der Waals surface area contributed by atoms with Crippen LogP contribution < -0.4 is 4.74 Å². The van der Waals surface area contributed by atoms with E-state index in [4.69, 9.17) is 21.4 Å². The molecular weight excluding hydrogens is 282 g/mol. The maximum atomic E-state index is 12.4. The van der Waals surface area contributed by atoms with E-state index in [9.17, 15) is 9.59 Å². The predicted octanol–water partition coefficient (Wildman–Crippen LogP) is 1.72. The predicted molar refractivity (Wildman–Crippen MR) is 71.9 cm³/mol. The molecule has 0 radical (unpaired) electrons. The van der Waals surface area contributed by atoms with E-state index >= 15 is 0 Å². The van der Waals surface area contributed by atoms with Crippen molar-refractivity contribution in [2.75, 3.05) is 6.54 Å². The number of benzene rings is 1. The highest BCUT2D eigenvalue weighted by Gasteiger charge is 2.40. The molecule has 5 nitrogen and oxygen atoms in total.